The van der Waals surface area contributed by atoms with Crippen LogP contribution in [-0.2, 0) is 11.0 Å². The van der Waals surface area contributed by atoms with Crippen molar-refractivity contribution in [2.75, 3.05) is 0 Å². The summed E-state index contributed by atoms with van der Waals surface area (Å²) in [6, 6.07) is 18.9. The van der Waals surface area contributed by atoms with Gasteiger partial charge in [-0.25, -0.2) is 0 Å². The van der Waals surface area contributed by atoms with Crippen molar-refractivity contribution in [2.45, 2.75) is 26.6 Å². The standard InChI is InChI=1S/C16H20OSi/c1-14-9-7-8-12-16(14)18(2,3)17-13-15-10-5-4-6-11-15/h4-12H,13H2,1-3H3. The first kappa shape index (κ1) is 13.1. The molecular weight excluding hydrogens is 236 g/mol. The Hall–Kier alpha value is -1.38. The minimum Gasteiger partial charge on any atom is -0.409 e. The van der Waals surface area contributed by atoms with Gasteiger partial charge in [0, 0.05) is 0 Å². The minimum atomic E-state index is -1.81. The molecular formula is C16H20OSi. The van der Waals surface area contributed by atoms with E-state index in [1.807, 2.05) is 6.07 Å². The SMILES string of the molecule is Cc1ccccc1[Si](C)(C)OCc1ccccc1. The molecule has 18 heavy (non-hydrogen) atoms. The molecule has 2 aromatic rings. The van der Waals surface area contributed by atoms with Gasteiger partial charge >= 0.3 is 0 Å². The van der Waals surface area contributed by atoms with Crippen molar-refractivity contribution in [1.82, 2.24) is 0 Å². The Morgan fingerprint density at radius 3 is 2.17 bits per heavy atom. The third-order valence-electron chi connectivity index (χ3n) is 3.24. The Morgan fingerprint density at radius 1 is 0.889 bits per heavy atom. The molecule has 2 heteroatoms. The highest BCUT2D eigenvalue weighted by atomic mass is 28.4. The van der Waals surface area contributed by atoms with Gasteiger partial charge in [0.2, 0.25) is 8.32 Å². The molecule has 0 amide bonds. The van der Waals surface area contributed by atoms with E-state index in [0.29, 0.717) is 6.61 Å². The van der Waals surface area contributed by atoms with Gasteiger partial charge < -0.3 is 4.43 Å². The first-order valence-electron chi connectivity index (χ1n) is 6.33. The van der Waals surface area contributed by atoms with E-state index in [4.69, 9.17) is 4.43 Å². The lowest BCUT2D eigenvalue weighted by atomic mass is 10.2. The predicted octanol–water partition coefficient (Wildman–Crippen LogP) is 3.62. The molecule has 2 aromatic carbocycles. The van der Waals surface area contributed by atoms with Gasteiger partial charge in [-0.15, -0.1) is 0 Å². The maximum atomic E-state index is 6.22. The number of rotatable bonds is 4. The summed E-state index contributed by atoms with van der Waals surface area (Å²) in [7, 11) is -1.81. The highest BCUT2D eigenvalue weighted by molar-refractivity contribution is 6.84. The summed E-state index contributed by atoms with van der Waals surface area (Å²) in [5.41, 5.74) is 2.58. The molecule has 0 saturated carbocycles. The molecule has 0 spiro atoms. The van der Waals surface area contributed by atoms with Crippen LogP contribution in [0.4, 0.5) is 0 Å². The molecule has 0 saturated heterocycles. The van der Waals surface area contributed by atoms with Gasteiger partial charge in [0.15, 0.2) is 0 Å². The lowest BCUT2D eigenvalue weighted by Crippen LogP contribution is -2.45. The summed E-state index contributed by atoms with van der Waals surface area (Å²) in [6.07, 6.45) is 0. The zero-order valence-electron chi connectivity index (χ0n) is 11.3. The lowest BCUT2D eigenvalue weighted by molar-refractivity contribution is 0.303. The predicted molar refractivity (Wildman–Crippen MR) is 79.5 cm³/mol. The number of aryl methyl sites for hydroxylation is 1. The van der Waals surface area contributed by atoms with Crippen LogP contribution < -0.4 is 5.19 Å². The molecule has 0 unspecified atom stereocenters. The Morgan fingerprint density at radius 2 is 1.50 bits per heavy atom. The van der Waals surface area contributed by atoms with Crippen molar-refractivity contribution < 1.29 is 4.43 Å². The fourth-order valence-corrected chi connectivity index (χ4v) is 4.38. The van der Waals surface area contributed by atoms with Gasteiger partial charge in [0.1, 0.15) is 0 Å². The molecule has 0 heterocycles. The van der Waals surface area contributed by atoms with Crippen molar-refractivity contribution >= 4 is 13.5 Å². The van der Waals surface area contributed by atoms with Gasteiger partial charge in [-0.1, -0.05) is 54.6 Å². The molecule has 0 aliphatic rings. The summed E-state index contributed by atoms with van der Waals surface area (Å²) in [4.78, 5) is 0. The van der Waals surface area contributed by atoms with E-state index >= 15 is 0 Å². The van der Waals surface area contributed by atoms with Crippen LogP contribution in [0, 0.1) is 6.92 Å². The largest absolute Gasteiger partial charge is 0.409 e. The summed E-state index contributed by atoms with van der Waals surface area (Å²) < 4.78 is 6.22. The molecule has 2 rings (SSSR count). The monoisotopic (exact) mass is 256 g/mol. The van der Waals surface area contributed by atoms with Crippen molar-refractivity contribution in [2.24, 2.45) is 0 Å². The summed E-state index contributed by atoms with van der Waals surface area (Å²) >= 11 is 0. The average molecular weight is 256 g/mol. The van der Waals surface area contributed by atoms with Crippen LogP contribution in [0.1, 0.15) is 11.1 Å². The maximum Gasteiger partial charge on any atom is 0.218 e. The van der Waals surface area contributed by atoms with Crippen LogP contribution >= 0.6 is 0 Å². The molecule has 0 atom stereocenters. The third-order valence-corrected chi connectivity index (χ3v) is 5.96. The molecule has 0 fully saturated rings. The van der Waals surface area contributed by atoms with Crippen LogP contribution in [0.15, 0.2) is 54.6 Å². The summed E-state index contributed by atoms with van der Waals surface area (Å²) in [5.74, 6) is 0. The fraction of sp³-hybridized carbons (Fsp3) is 0.250. The van der Waals surface area contributed by atoms with Gasteiger partial charge in [0.05, 0.1) is 6.61 Å². The third kappa shape index (κ3) is 3.09. The number of hydrogen-bond acceptors (Lipinski definition) is 1. The minimum absolute atomic E-state index is 0.703. The van der Waals surface area contributed by atoms with Gasteiger partial charge in [-0.05, 0) is 36.3 Å². The first-order valence-corrected chi connectivity index (χ1v) is 9.24. The van der Waals surface area contributed by atoms with Crippen LogP contribution in [0.25, 0.3) is 0 Å². The van der Waals surface area contributed by atoms with E-state index in [1.165, 1.54) is 16.3 Å². The van der Waals surface area contributed by atoms with Crippen LogP contribution in [0.2, 0.25) is 13.1 Å². The second-order valence-corrected chi connectivity index (χ2v) is 8.95. The fourth-order valence-electron chi connectivity index (χ4n) is 2.16. The molecule has 0 radical (unpaired) electrons. The maximum absolute atomic E-state index is 6.22. The van der Waals surface area contributed by atoms with Gasteiger partial charge in [-0.3, -0.25) is 0 Å². The molecule has 0 aliphatic heterocycles. The van der Waals surface area contributed by atoms with Crippen molar-refractivity contribution in [3.05, 3.63) is 65.7 Å². The summed E-state index contributed by atoms with van der Waals surface area (Å²) in [6.45, 7) is 7.39. The topological polar surface area (TPSA) is 9.23 Å². The number of hydrogen-bond donors (Lipinski definition) is 0. The molecule has 94 valence electrons. The first-order chi connectivity index (χ1) is 8.59. The van der Waals surface area contributed by atoms with Crippen molar-refractivity contribution in [3.63, 3.8) is 0 Å². The average Bonchev–Trinajstić information content (AvgIpc) is 2.38. The van der Waals surface area contributed by atoms with Crippen molar-refractivity contribution in [3.8, 4) is 0 Å². The quantitative estimate of drug-likeness (QED) is 0.759. The highest BCUT2D eigenvalue weighted by Crippen LogP contribution is 2.12. The molecule has 0 aromatic heterocycles. The molecule has 1 nitrogen and oxygen atoms in total. The van der Waals surface area contributed by atoms with E-state index in [2.05, 4.69) is 68.5 Å². The van der Waals surface area contributed by atoms with Crippen LogP contribution in [0.3, 0.4) is 0 Å². The van der Waals surface area contributed by atoms with E-state index < -0.39 is 8.32 Å². The van der Waals surface area contributed by atoms with Gasteiger partial charge in [0.25, 0.3) is 0 Å². The molecule has 0 aliphatic carbocycles. The Kier molecular flexibility index (Phi) is 3.99. The highest BCUT2D eigenvalue weighted by Gasteiger charge is 2.26. The second-order valence-electron chi connectivity index (χ2n) is 5.10. The Balaban J connectivity index is 2.11. The van der Waals surface area contributed by atoms with E-state index in [1.54, 1.807) is 0 Å². The van der Waals surface area contributed by atoms with E-state index in [0.717, 1.165) is 0 Å². The smallest absolute Gasteiger partial charge is 0.218 e. The molecule has 0 N–H and O–H groups in total. The zero-order chi connectivity index (χ0) is 13.0. The van der Waals surface area contributed by atoms with Crippen LogP contribution in [0.5, 0.6) is 0 Å². The Labute approximate surface area is 111 Å². The summed E-state index contributed by atoms with van der Waals surface area (Å²) in [5, 5.41) is 1.39. The Bertz CT molecular complexity index is 506. The van der Waals surface area contributed by atoms with E-state index in [9.17, 15) is 0 Å². The zero-order valence-corrected chi connectivity index (χ0v) is 12.3. The second kappa shape index (κ2) is 5.51. The molecule has 0 bridgehead atoms. The van der Waals surface area contributed by atoms with Crippen LogP contribution in [-0.4, -0.2) is 8.32 Å². The van der Waals surface area contributed by atoms with Crippen molar-refractivity contribution in [1.29, 1.82) is 0 Å². The normalized spacial score (nSPS) is 11.5. The van der Waals surface area contributed by atoms with Gasteiger partial charge in [-0.2, -0.15) is 0 Å². The van der Waals surface area contributed by atoms with E-state index in [-0.39, 0.29) is 0 Å². The number of benzene rings is 2. The lowest BCUT2D eigenvalue weighted by Gasteiger charge is -2.25.